The molecule has 0 bridgehead atoms. The molecular weight excluding hydrogens is 424 g/mol. The topological polar surface area (TPSA) is 151 Å². The average molecular weight is 463 g/mol. The lowest BCUT2D eigenvalue weighted by Gasteiger charge is -2.25. The number of nitrogens with one attached hydrogen (secondary N) is 3. The largest absolute Gasteiger partial charge is 0.480 e. The van der Waals surface area contributed by atoms with Gasteiger partial charge in [-0.1, -0.05) is 58.0 Å². The van der Waals surface area contributed by atoms with E-state index in [2.05, 4.69) is 16.0 Å². The van der Waals surface area contributed by atoms with E-state index in [0.29, 0.717) is 12.8 Å². The summed E-state index contributed by atoms with van der Waals surface area (Å²) in [5.41, 5.74) is 6.69. The molecule has 4 atom stereocenters. The van der Waals surface area contributed by atoms with Crippen LogP contribution in [-0.4, -0.2) is 53.0 Å². The summed E-state index contributed by atoms with van der Waals surface area (Å²) in [7, 11) is 0. The highest BCUT2D eigenvalue weighted by Crippen LogP contribution is 2.08. The van der Waals surface area contributed by atoms with Gasteiger partial charge in [0.05, 0.1) is 6.04 Å². The van der Waals surface area contributed by atoms with Gasteiger partial charge in [0, 0.05) is 6.42 Å². The van der Waals surface area contributed by atoms with Crippen molar-refractivity contribution in [2.75, 3.05) is 0 Å². The Morgan fingerprint density at radius 1 is 0.788 bits per heavy atom. The molecule has 0 fully saturated rings. The van der Waals surface area contributed by atoms with Crippen LogP contribution in [-0.2, 0) is 25.6 Å². The van der Waals surface area contributed by atoms with Gasteiger partial charge in [0.2, 0.25) is 17.7 Å². The fraction of sp³-hybridized carbons (Fsp3) is 0.583. The SMILES string of the molecule is CC(C)CC(N)C(=O)NC(CC(C)C)C(=O)NC(C)C(=O)NC(Cc1ccccc1)C(=O)O. The summed E-state index contributed by atoms with van der Waals surface area (Å²) in [5.74, 6) is -2.41. The van der Waals surface area contributed by atoms with E-state index in [4.69, 9.17) is 5.73 Å². The zero-order valence-electron chi connectivity index (χ0n) is 20.1. The van der Waals surface area contributed by atoms with Gasteiger partial charge in [-0.2, -0.15) is 0 Å². The van der Waals surface area contributed by atoms with Crippen LogP contribution in [0.1, 0.15) is 53.0 Å². The van der Waals surface area contributed by atoms with Gasteiger partial charge >= 0.3 is 5.97 Å². The minimum absolute atomic E-state index is 0.105. The zero-order chi connectivity index (χ0) is 25.1. The smallest absolute Gasteiger partial charge is 0.326 e. The van der Waals surface area contributed by atoms with Crippen LogP contribution < -0.4 is 21.7 Å². The highest BCUT2D eigenvalue weighted by atomic mass is 16.4. The molecule has 0 aliphatic heterocycles. The molecule has 6 N–H and O–H groups in total. The summed E-state index contributed by atoms with van der Waals surface area (Å²) in [5, 5.41) is 17.2. The molecule has 0 aliphatic carbocycles. The maximum Gasteiger partial charge on any atom is 0.326 e. The van der Waals surface area contributed by atoms with E-state index in [9.17, 15) is 24.3 Å². The molecule has 33 heavy (non-hydrogen) atoms. The van der Waals surface area contributed by atoms with Crippen molar-refractivity contribution in [2.24, 2.45) is 17.6 Å². The fourth-order valence-corrected chi connectivity index (χ4v) is 3.32. The lowest BCUT2D eigenvalue weighted by atomic mass is 10.0. The second-order valence-corrected chi connectivity index (χ2v) is 9.25. The van der Waals surface area contributed by atoms with E-state index in [1.807, 2.05) is 33.8 Å². The monoisotopic (exact) mass is 462 g/mol. The Kier molecular flexibility index (Phi) is 11.6. The lowest BCUT2D eigenvalue weighted by Crippen LogP contribution is -2.56. The predicted molar refractivity (Wildman–Crippen MR) is 126 cm³/mol. The minimum atomic E-state index is -1.17. The number of amides is 3. The molecule has 0 aromatic heterocycles. The molecule has 1 aromatic rings. The number of carboxylic acids is 1. The van der Waals surface area contributed by atoms with Gasteiger partial charge in [0.1, 0.15) is 18.1 Å². The quantitative estimate of drug-likeness (QED) is 0.297. The third-order valence-electron chi connectivity index (χ3n) is 5.05. The van der Waals surface area contributed by atoms with Crippen molar-refractivity contribution in [1.29, 1.82) is 0 Å². The van der Waals surface area contributed by atoms with E-state index in [1.54, 1.807) is 24.3 Å². The summed E-state index contributed by atoms with van der Waals surface area (Å²) in [6.45, 7) is 9.20. The molecular formula is C24H38N4O5. The molecule has 0 aliphatic rings. The van der Waals surface area contributed by atoms with Crippen LogP contribution in [0.3, 0.4) is 0 Å². The van der Waals surface area contributed by atoms with Gasteiger partial charge in [-0.3, -0.25) is 14.4 Å². The summed E-state index contributed by atoms with van der Waals surface area (Å²) >= 11 is 0. The average Bonchev–Trinajstić information content (AvgIpc) is 2.72. The molecule has 184 valence electrons. The van der Waals surface area contributed by atoms with Gasteiger partial charge in [-0.05, 0) is 37.2 Å². The predicted octanol–water partition coefficient (Wildman–Crippen LogP) is 1.21. The second kappa shape index (κ2) is 13.6. The van der Waals surface area contributed by atoms with Gasteiger partial charge < -0.3 is 26.8 Å². The van der Waals surface area contributed by atoms with Gasteiger partial charge in [-0.25, -0.2) is 4.79 Å². The Labute approximate surface area is 195 Å². The fourth-order valence-electron chi connectivity index (χ4n) is 3.32. The van der Waals surface area contributed by atoms with E-state index in [0.717, 1.165) is 5.56 Å². The lowest BCUT2D eigenvalue weighted by molar-refractivity contribution is -0.142. The van der Waals surface area contributed by atoms with Crippen LogP contribution in [0.5, 0.6) is 0 Å². The normalized spacial score (nSPS) is 14.8. The van der Waals surface area contributed by atoms with E-state index in [1.165, 1.54) is 6.92 Å². The van der Waals surface area contributed by atoms with Crippen molar-refractivity contribution < 1.29 is 24.3 Å². The number of rotatable bonds is 13. The van der Waals surface area contributed by atoms with Crippen molar-refractivity contribution in [2.45, 2.75) is 78.0 Å². The third kappa shape index (κ3) is 10.5. The van der Waals surface area contributed by atoms with E-state index >= 15 is 0 Å². The standard InChI is InChI=1S/C24H38N4O5/c1-14(2)11-18(25)22(30)27-19(12-15(3)4)23(31)26-16(5)21(29)28-20(24(32)33)13-17-9-7-6-8-10-17/h6-10,14-16,18-20H,11-13,25H2,1-5H3,(H,26,31)(H,27,30)(H,28,29)(H,32,33). The summed E-state index contributed by atoms with van der Waals surface area (Å²) in [6, 6.07) is 5.22. The molecule has 4 unspecified atom stereocenters. The molecule has 0 heterocycles. The first-order valence-electron chi connectivity index (χ1n) is 11.3. The summed E-state index contributed by atoms with van der Waals surface area (Å²) in [4.78, 5) is 49.4. The Balaban J connectivity index is 2.77. The molecule has 0 spiro atoms. The van der Waals surface area contributed by atoms with Crippen molar-refractivity contribution >= 4 is 23.7 Å². The number of benzene rings is 1. The number of aliphatic carboxylic acids is 1. The number of carbonyl (C=O) groups excluding carboxylic acids is 3. The first-order chi connectivity index (χ1) is 15.4. The van der Waals surface area contributed by atoms with Crippen LogP contribution in [0.4, 0.5) is 0 Å². The van der Waals surface area contributed by atoms with E-state index in [-0.39, 0.29) is 18.3 Å². The maximum absolute atomic E-state index is 12.8. The van der Waals surface area contributed by atoms with Crippen LogP contribution in [0.2, 0.25) is 0 Å². The third-order valence-corrected chi connectivity index (χ3v) is 5.05. The van der Waals surface area contributed by atoms with Crippen molar-refractivity contribution in [1.82, 2.24) is 16.0 Å². The zero-order valence-corrected chi connectivity index (χ0v) is 20.1. The molecule has 9 heteroatoms. The summed E-state index contributed by atoms with van der Waals surface area (Å²) < 4.78 is 0. The first kappa shape index (κ1) is 28.1. The Bertz CT molecular complexity index is 797. The van der Waals surface area contributed by atoms with Gasteiger partial charge in [0.15, 0.2) is 0 Å². The van der Waals surface area contributed by atoms with Crippen molar-refractivity contribution in [3.8, 4) is 0 Å². The number of nitrogens with two attached hydrogens (primary N) is 1. The number of carboxylic acid groups (broad SMARTS) is 1. The Morgan fingerprint density at radius 2 is 1.33 bits per heavy atom. The van der Waals surface area contributed by atoms with Crippen LogP contribution >= 0.6 is 0 Å². The number of hydrogen-bond donors (Lipinski definition) is 5. The first-order valence-corrected chi connectivity index (χ1v) is 11.3. The van der Waals surface area contributed by atoms with Gasteiger partial charge in [0.25, 0.3) is 0 Å². The summed E-state index contributed by atoms with van der Waals surface area (Å²) in [6.07, 6.45) is 0.965. The molecule has 3 amide bonds. The van der Waals surface area contributed by atoms with Crippen molar-refractivity contribution in [3.63, 3.8) is 0 Å². The number of carbonyl (C=O) groups is 4. The number of hydrogen-bond acceptors (Lipinski definition) is 5. The molecule has 0 saturated carbocycles. The van der Waals surface area contributed by atoms with Crippen LogP contribution in [0.25, 0.3) is 0 Å². The maximum atomic E-state index is 12.8. The highest BCUT2D eigenvalue weighted by Gasteiger charge is 2.29. The molecule has 0 saturated heterocycles. The van der Waals surface area contributed by atoms with Crippen LogP contribution in [0.15, 0.2) is 30.3 Å². The molecule has 1 aromatic carbocycles. The minimum Gasteiger partial charge on any atom is -0.480 e. The second-order valence-electron chi connectivity index (χ2n) is 9.25. The molecule has 0 radical (unpaired) electrons. The highest BCUT2D eigenvalue weighted by molar-refractivity contribution is 5.93. The molecule has 9 nitrogen and oxygen atoms in total. The Hall–Kier alpha value is -2.94. The molecule has 1 rings (SSSR count). The van der Waals surface area contributed by atoms with E-state index < -0.39 is 47.9 Å². The van der Waals surface area contributed by atoms with Gasteiger partial charge in [-0.15, -0.1) is 0 Å². The van der Waals surface area contributed by atoms with Crippen molar-refractivity contribution in [3.05, 3.63) is 35.9 Å². The Morgan fingerprint density at radius 3 is 1.85 bits per heavy atom. The van der Waals surface area contributed by atoms with Crippen LogP contribution in [0, 0.1) is 11.8 Å².